The van der Waals surface area contributed by atoms with Crippen LogP contribution in [0.2, 0.25) is 0 Å². The summed E-state index contributed by atoms with van der Waals surface area (Å²) in [6.07, 6.45) is 4.33. The van der Waals surface area contributed by atoms with Gasteiger partial charge in [-0.1, -0.05) is 12.1 Å². The Kier molecular flexibility index (Phi) is 5.89. The van der Waals surface area contributed by atoms with Gasteiger partial charge in [0.1, 0.15) is 17.7 Å². The van der Waals surface area contributed by atoms with Crippen LogP contribution in [0.3, 0.4) is 0 Å². The molecule has 4 rings (SSSR count). The van der Waals surface area contributed by atoms with Gasteiger partial charge in [0.15, 0.2) is 5.82 Å². The van der Waals surface area contributed by atoms with Crippen molar-refractivity contribution in [1.29, 1.82) is 0 Å². The molecule has 2 aromatic heterocycles. The number of hydrogen-bond donors (Lipinski definition) is 3. The second-order valence-electron chi connectivity index (χ2n) is 8.06. The van der Waals surface area contributed by atoms with Gasteiger partial charge in [-0.15, -0.1) is 0 Å². The van der Waals surface area contributed by atoms with Crippen LogP contribution in [0.25, 0.3) is 0 Å². The van der Waals surface area contributed by atoms with E-state index >= 15 is 0 Å². The molecule has 1 amide bonds. The molecule has 3 aromatic rings. The van der Waals surface area contributed by atoms with Crippen LogP contribution in [-0.4, -0.2) is 20.4 Å². The van der Waals surface area contributed by atoms with E-state index < -0.39 is 6.04 Å². The number of pyridine rings is 1. The molecule has 32 heavy (non-hydrogen) atoms. The number of nitrogens with one attached hydrogen (secondary N) is 2. The molecule has 0 aliphatic carbocycles. The average molecular weight is 436 g/mol. The molecule has 0 unspecified atom stereocenters. The lowest BCUT2D eigenvalue weighted by atomic mass is 10.1. The summed E-state index contributed by atoms with van der Waals surface area (Å²) in [4.78, 5) is 34.3. The zero-order valence-electron chi connectivity index (χ0n) is 17.9. The van der Waals surface area contributed by atoms with Crippen molar-refractivity contribution in [2.24, 2.45) is 0 Å². The first-order valence-corrected chi connectivity index (χ1v) is 10.4. The fourth-order valence-electron chi connectivity index (χ4n) is 3.98. The molecule has 0 bridgehead atoms. The van der Waals surface area contributed by atoms with Gasteiger partial charge >= 0.3 is 0 Å². The number of amides is 1. The third-order valence-corrected chi connectivity index (χ3v) is 5.59. The van der Waals surface area contributed by atoms with E-state index in [9.17, 15) is 14.0 Å². The first-order valence-electron chi connectivity index (χ1n) is 10.4. The Bertz CT molecular complexity index is 1190. The Balaban J connectivity index is 1.50. The summed E-state index contributed by atoms with van der Waals surface area (Å²) in [7, 11) is 0. The lowest BCUT2D eigenvalue weighted by molar-refractivity contribution is -0.124. The van der Waals surface area contributed by atoms with E-state index in [1.165, 1.54) is 16.7 Å². The molecule has 1 aliphatic heterocycles. The number of carbonyl (C=O) groups is 1. The van der Waals surface area contributed by atoms with Crippen molar-refractivity contribution in [3.8, 4) is 0 Å². The Morgan fingerprint density at radius 1 is 1.28 bits per heavy atom. The number of fused-ring (bicyclic) bond motifs is 1. The first-order chi connectivity index (χ1) is 15.3. The topological polar surface area (TPSA) is 115 Å². The quantitative estimate of drug-likeness (QED) is 0.547. The van der Waals surface area contributed by atoms with Crippen molar-refractivity contribution < 1.29 is 9.18 Å². The highest BCUT2D eigenvalue weighted by Crippen LogP contribution is 2.25. The van der Waals surface area contributed by atoms with Gasteiger partial charge in [0.2, 0.25) is 5.91 Å². The Hall–Kier alpha value is -3.75. The number of nitrogen functional groups attached to an aromatic ring is 1. The number of rotatable bonds is 6. The fourth-order valence-corrected chi connectivity index (χ4v) is 3.98. The molecule has 3 heterocycles. The van der Waals surface area contributed by atoms with Crippen molar-refractivity contribution in [1.82, 2.24) is 19.9 Å². The Morgan fingerprint density at radius 3 is 2.81 bits per heavy atom. The molecule has 1 aliphatic rings. The van der Waals surface area contributed by atoms with Gasteiger partial charge in [0.25, 0.3) is 5.56 Å². The number of benzene rings is 1. The van der Waals surface area contributed by atoms with Crippen LogP contribution in [0.15, 0.2) is 47.5 Å². The molecule has 0 saturated heterocycles. The van der Waals surface area contributed by atoms with Gasteiger partial charge in [-0.2, -0.15) is 0 Å². The highest BCUT2D eigenvalue weighted by atomic mass is 19.1. The van der Waals surface area contributed by atoms with Crippen molar-refractivity contribution in [2.75, 3.05) is 11.1 Å². The minimum absolute atomic E-state index is 0.131. The number of hydrogen-bond acceptors (Lipinski definition) is 6. The number of anilines is 2. The van der Waals surface area contributed by atoms with E-state index in [1.54, 1.807) is 25.4 Å². The molecular weight excluding hydrogens is 411 g/mol. The Labute approximate surface area is 184 Å². The third kappa shape index (κ3) is 4.46. The summed E-state index contributed by atoms with van der Waals surface area (Å²) in [5, 5.41) is 5.94. The second-order valence-corrected chi connectivity index (χ2v) is 8.06. The second kappa shape index (κ2) is 8.78. The van der Waals surface area contributed by atoms with Crippen molar-refractivity contribution in [2.45, 2.75) is 45.3 Å². The monoisotopic (exact) mass is 436 g/mol. The van der Waals surface area contributed by atoms with Crippen molar-refractivity contribution >= 4 is 17.5 Å². The maximum absolute atomic E-state index is 13.6. The average Bonchev–Trinajstić information content (AvgIpc) is 3.18. The fraction of sp³-hybridized carbons (Fsp3) is 0.304. The summed E-state index contributed by atoms with van der Waals surface area (Å²) in [6.45, 7) is 3.90. The lowest BCUT2D eigenvalue weighted by Gasteiger charge is -2.19. The number of aromatic nitrogens is 3. The van der Waals surface area contributed by atoms with Crippen LogP contribution >= 0.6 is 0 Å². The van der Waals surface area contributed by atoms with Crippen LogP contribution in [0.1, 0.15) is 47.8 Å². The van der Waals surface area contributed by atoms with Crippen LogP contribution in [0.4, 0.5) is 16.0 Å². The van der Waals surface area contributed by atoms with Gasteiger partial charge in [-0.3, -0.25) is 14.2 Å². The smallest absolute Gasteiger partial charge is 0.294 e. The highest BCUT2D eigenvalue weighted by molar-refractivity contribution is 5.81. The summed E-state index contributed by atoms with van der Waals surface area (Å²) in [6, 6.07) is 7.27. The number of carbonyl (C=O) groups excluding carboxylic acids is 1. The normalized spacial score (nSPS) is 15.8. The van der Waals surface area contributed by atoms with Crippen LogP contribution in [0.5, 0.6) is 0 Å². The van der Waals surface area contributed by atoms with Crippen LogP contribution in [-0.2, 0) is 17.8 Å². The standard InChI is InChI=1S/C23H25FN6O2/c1-13-7-15(9-17(24)8-13)10-27-21-23(32)30-18(12-28-21)4-5-19(30)22(31)29-14(2)16-3-6-20(25)26-11-16/h3,6-9,11-12,14,19H,4-5,10H2,1-2H3,(H2,25,26)(H,27,28)(H,29,31)/t14-,19+/m1/s1. The summed E-state index contributed by atoms with van der Waals surface area (Å²) < 4.78 is 15.1. The zero-order chi connectivity index (χ0) is 22.8. The largest absolute Gasteiger partial charge is 0.384 e. The lowest BCUT2D eigenvalue weighted by Crippen LogP contribution is -2.37. The van der Waals surface area contributed by atoms with Gasteiger partial charge in [0.05, 0.1) is 6.04 Å². The highest BCUT2D eigenvalue weighted by Gasteiger charge is 2.31. The molecule has 4 N–H and O–H groups in total. The SMILES string of the molecule is Cc1cc(F)cc(CNc2ncc3n(c2=O)[C@H](C(=O)N[C@H](C)c2ccc(N)nc2)CC3)c1. The molecule has 0 spiro atoms. The van der Waals surface area contributed by atoms with Gasteiger partial charge in [0, 0.05) is 24.6 Å². The predicted molar refractivity (Wildman–Crippen MR) is 120 cm³/mol. The van der Waals surface area contributed by atoms with E-state index in [4.69, 9.17) is 5.73 Å². The molecule has 2 atom stereocenters. The molecule has 0 fully saturated rings. The van der Waals surface area contributed by atoms with Crippen LogP contribution < -0.4 is 21.9 Å². The zero-order valence-corrected chi connectivity index (χ0v) is 17.9. The van der Waals surface area contributed by atoms with Crippen molar-refractivity contribution in [3.63, 3.8) is 0 Å². The molecular formula is C23H25FN6O2. The minimum Gasteiger partial charge on any atom is -0.384 e. The van der Waals surface area contributed by atoms with E-state index in [2.05, 4.69) is 20.6 Å². The number of aryl methyl sites for hydroxylation is 2. The predicted octanol–water partition coefficient (Wildman–Crippen LogP) is 2.64. The number of nitrogens with zero attached hydrogens (tertiary/aromatic N) is 3. The van der Waals surface area contributed by atoms with E-state index in [0.717, 1.165) is 11.1 Å². The summed E-state index contributed by atoms with van der Waals surface area (Å²) in [5.41, 5.74) is 8.28. The minimum atomic E-state index is -0.623. The molecule has 166 valence electrons. The van der Waals surface area contributed by atoms with E-state index in [1.807, 2.05) is 19.1 Å². The summed E-state index contributed by atoms with van der Waals surface area (Å²) in [5.74, 6) is -0.0358. The third-order valence-electron chi connectivity index (χ3n) is 5.59. The van der Waals surface area contributed by atoms with Crippen molar-refractivity contribution in [3.05, 3.63) is 81.3 Å². The van der Waals surface area contributed by atoms with Gasteiger partial charge in [-0.25, -0.2) is 14.4 Å². The number of nitrogens with two attached hydrogens (primary N) is 1. The van der Waals surface area contributed by atoms with Crippen LogP contribution in [0, 0.1) is 12.7 Å². The molecule has 0 radical (unpaired) electrons. The molecule has 0 saturated carbocycles. The maximum atomic E-state index is 13.6. The number of halogens is 1. The van der Waals surface area contributed by atoms with Gasteiger partial charge < -0.3 is 16.4 Å². The molecule has 9 heteroatoms. The molecule has 8 nitrogen and oxygen atoms in total. The van der Waals surface area contributed by atoms with E-state index in [0.29, 0.717) is 29.9 Å². The first kappa shape index (κ1) is 21.5. The molecule has 1 aromatic carbocycles. The maximum Gasteiger partial charge on any atom is 0.294 e. The van der Waals surface area contributed by atoms with E-state index in [-0.39, 0.29) is 35.7 Å². The Morgan fingerprint density at radius 2 is 2.09 bits per heavy atom. The summed E-state index contributed by atoms with van der Waals surface area (Å²) >= 11 is 0. The van der Waals surface area contributed by atoms with Gasteiger partial charge in [-0.05, 0) is 61.6 Å².